The van der Waals surface area contributed by atoms with Crippen molar-refractivity contribution in [2.45, 2.75) is 18.9 Å². The number of carbonyl (C=O) groups is 1. The lowest BCUT2D eigenvalue weighted by molar-refractivity contribution is -0.118. The maximum atomic E-state index is 14.2. The van der Waals surface area contributed by atoms with Gasteiger partial charge in [0, 0.05) is 11.5 Å². The maximum absolute atomic E-state index is 14.2. The SMILES string of the molecule is COc1ccc2c(c1)COc1ccc(F)cc1C2Cc1ccc2c(c1)NC(=O)CO2. The fourth-order valence-electron chi connectivity index (χ4n) is 4.13. The first-order valence-electron chi connectivity index (χ1n) is 9.75. The van der Waals surface area contributed by atoms with E-state index in [0.717, 1.165) is 28.0 Å². The van der Waals surface area contributed by atoms with E-state index in [0.29, 0.717) is 30.2 Å². The quantitative estimate of drug-likeness (QED) is 0.700. The van der Waals surface area contributed by atoms with Gasteiger partial charge in [0.25, 0.3) is 5.91 Å². The van der Waals surface area contributed by atoms with Crippen molar-refractivity contribution in [3.8, 4) is 17.2 Å². The van der Waals surface area contributed by atoms with Crippen molar-refractivity contribution < 1.29 is 23.4 Å². The Kier molecular flexibility index (Phi) is 4.54. The first kappa shape index (κ1) is 18.5. The summed E-state index contributed by atoms with van der Waals surface area (Å²) in [7, 11) is 1.63. The highest BCUT2D eigenvalue weighted by atomic mass is 19.1. The molecule has 152 valence electrons. The molecule has 3 aromatic rings. The molecule has 0 aliphatic carbocycles. The summed E-state index contributed by atoms with van der Waals surface area (Å²) in [6.07, 6.45) is 0.613. The molecule has 1 N–H and O–H groups in total. The molecule has 2 aliphatic rings. The maximum Gasteiger partial charge on any atom is 0.262 e. The fourth-order valence-corrected chi connectivity index (χ4v) is 4.13. The Bertz CT molecular complexity index is 1140. The van der Waals surface area contributed by atoms with Gasteiger partial charge in [-0.3, -0.25) is 4.79 Å². The van der Waals surface area contributed by atoms with E-state index >= 15 is 0 Å². The van der Waals surface area contributed by atoms with Crippen molar-refractivity contribution in [3.63, 3.8) is 0 Å². The molecule has 0 bridgehead atoms. The lowest BCUT2D eigenvalue weighted by atomic mass is 9.83. The number of carbonyl (C=O) groups excluding carboxylic acids is 1. The van der Waals surface area contributed by atoms with Crippen LogP contribution in [0.2, 0.25) is 0 Å². The van der Waals surface area contributed by atoms with Crippen molar-refractivity contribution >= 4 is 11.6 Å². The van der Waals surface area contributed by atoms with Gasteiger partial charge in [0.05, 0.1) is 12.8 Å². The Morgan fingerprint density at radius 1 is 1.00 bits per heavy atom. The van der Waals surface area contributed by atoms with Gasteiger partial charge in [-0.15, -0.1) is 0 Å². The third-order valence-corrected chi connectivity index (χ3v) is 5.57. The van der Waals surface area contributed by atoms with Crippen LogP contribution < -0.4 is 19.5 Å². The second-order valence-electron chi connectivity index (χ2n) is 7.46. The molecule has 30 heavy (non-hydrogen) atoms. The number of ether oxygens (including phenoxy) is 3. The molecule has 0 aromatic heterocycles. The number of nitrogens with one attached hydrogen (secondary N) is 1. The summed E-state index contributed by atoms with van der Waals surface area (Å²) in [5.74, 6) is 1.49. The summed E-state index contributed by atoms with van der Waals surface area (Å²) < 4.78 is 31.0. The average Bonchev–Trinajstić information content (AvgIpc) is 2.90. The molecule has 0 saturated carbocycles. The molecule has 0 radical (unpaired) electrons. The summed E-state index contributed by atoms with van der Waals surface area (Å²) in [6, 6.07) is 16.3. The number of hydrogen-bond acceptors (Lipinski definition) is 4. The highest BCUT2D eigenvalue weighted by molar-refractivity contribution is 5.95. The van der Waals surface area contributed by atoms with E-state index in [-0.39, 0.29) is 24.2 Å². The van der Waals surface area contributed by atoms with Crippen LogP contribution in [0.3, 0.4) is 0 Å². The zero-order valence-electron chi connectivity index (χ0n) is 16.4. The van der Waals surface area contributed by atoms with E-state index in [1.54, 1.807) is 19.2 Å². The van der Waals surface area contributed by atoms with Crippen LogP contribution in [0.15, 0.2) is 54.6 Å². The average molecular weight is 405 g/mol. The van der Waals surface area contributed by atoms with Gasteiger partial charge in [0.1, 0.15) is 29.7 Å². The monoisotopic (exact) mass is 405 g/mol. The summed E-state index contributed by atoms with van der Waals surface area (Å²) in [5.41, 5.74) is 4.53. The second kappa shape index (κ2) is 7.37. The van der Waals surface area contributed by atoms with E-state index in [2.05, 4.69) is 5.32 Å². The van der Waals surface area contributed by atoms with Gasteiger partial charge in [-0.2, -0.15) is 0 Å². The minimum atomic E-state index is -0.301. The molecule has 0 spiro atoms. The van der Waals surface area contributed by atoms with Crippen LogP contribution in [0.1, 0.15) is 28.2 Å². The summed E-state index contributed by atoms with van der Waals surface area (Å²) in [4.78, 5) is 11.7. The molecule has 6 heteroatoms. The van der Waals surface area contributed by atoms with Crippen LogP contribution >= 0.6 is 0 Å². The number of anilines is 1. The summed E-state index contributed by atoms with van der Waals surface area (Å²) >= 11 is 0. The largest absolute Gasteiger partial charge is 0.497 e. The Balaban J connectivity index is 1.59. The predicted octanol–water partition coefficient (Wildman–Crippen LogP) is 4.43. The zero-order chi connectivity index (χ0) is 20.7. The Labute approximate surface area is 173 Å². The molecule has 3 aromatic carbocycles. The lowest BCUT2D eigenvalue weighted by Gasteiger charge is -2.22. The minimum absolute atomic E-state index is 0.0220. The van der Waals surface area contributed by atoms with Crippen molar-refractivity contribution in [1.29, 1.82) is 0 Å². The zero-order valence-corrected chi connectivity index (χ0v) is 16.4. The summed E-state index contributed by atoms with van der Waals surface area (Å²) in [5, 5.41) is 2.85. The van der Waals surface area contributed by atoms with E-state index in [9.17, 15) is 9.18 Å². The minimum Gasteiger partial charge on any atom is -0.497 e. The molecule has 1 atom stereocenters. The number of benzene rings is 3. The normalized spacial score (nSPS) is 16.7. The van der Waals surface area contributed by atoms with Crippen molar-refractivity contribution in [1.82, 2.24) is 0 Å². The van der Waals surface area contributed by atoms with Crippen LogP contribution in [0.4, 0.5) is 10.1 Å². The molecule has 2 heterocycles. The number of methoxy groups -OCH3 is 1. The first-order valence-corrected chi connectivity index (χ1v) is 9.75. The molecular formula is C24H20FNO4. The van der Waals surface area contributed by atoms with Crippen LogP contribution in [0.5, 0.6) is 17.2 Å². The Morgan fingerprint density at radius 3 is 2.70 bits per heavy atom. The highest BCUT2D eigenvalue weighted by Gasteiger charge is 2.27. The van der Waals surface area contributed by atoms with E-state index in [4.69, 9.17) is 14.2 Å². The smallest absolute Gasteiger partial charge is 0.262 e. The highest BCUT2D eigenvalue weighted by Crippen LogP contribution is 2.41. The van der Waals surface area contributed by atoms with Gasteiger partial charge in [0.15, 0.2) is 6.61 Å². The standard InChI is InChI=1S/C24H20FNO4/c1-28-17-4-5-18-15(10-17)12-29-22-7-3-16(25)11-20(22)19(18)8-14-2-6-23-21(9-14)26-24(27)13-30-23/h2-7,9-11,19H,8,12-13H2,1H3,(H,26,27). The van der Waals surface area contributed by atoms with Gasteiger partial charge in [-0.05, 0) is 65.6 Å². The van der Waals surface area contributed by atoms with Crippen molar-refractivity contribution in [3.05, 3.63) is 82.7 Å². The third-order valence-electron chi connectivity index (χ3n) is 5.57. The summed E-state index contributed by atoms with van der Waals surface area (Å²) in [6.45, 7) is 0.407. The number of fused-ring (bicyclic) bond motifs is 3. The van der Waals surface area contributed by atoms with Gasteiger partial charge < -0.3 is 19.5 Å². The third kappa shape index (κ3) is 3.34. The number of halogens is 1. The topological polar surface area (TPSA) is 56.8 Å². The van der Waals surface area contributed by atoms with Crippen LogP contribution in [0.25, 0.3) is 0 Å². The number of amides is 1. The van der Waals surface area contributed by atoms with Crippen molar-refractivity contribution in [2.75, 3.05) is 19.0 Å². The fraction of sp³-hybridized carbons (Fsp3) is 0.208. The molecular weight excluding hydrogens is 385 g/mol. The Morgan fingerprint density at radius 2 is 1.83 bits per heavy atom. The lowest BCUT2D eigenvalue weighted by Crippen LogP contribution is -2.25. The number of rotatable bonds is 3. The van der Waals surface area contributed by atoms with Gasteiger partial charge in [-0.25, -0.2) is 4.39 Å². The predicted molar refractivity (Wildman–Crippen MR) is 110 cm³/mol. The molecule has 5 nitrogen and oxygen atoms in total. The van der Waals surface area contributed by atoms with E-state index in [1.807, 2.05) is 36.4 Å². The molecule has 5 rings (SSSR count). The van der Waals surface area contributed by atoms with Gasteiger partial charge >= 0.3 is 0 Å². The number of hydrogen-bond donors (Lipinski definition) is 1. The van der Waals surface area contributed by atoms with Gasteiger partial charge in [-0.1, -0.05) is 12.1 Å². The molecule has 0 fully saturated rings. The molecule has 0 saturated heterocycles. The van der Waals surface area contributed by atoms with E-state index in [1.165, 1.54) is 6.07 Å². The van der Waals surface area contributed by atoms with Crippen LogP contribution in [0, 0.1) is 5.82 Å². The van der Waals surface area contributed by atoms with Gasteiger partial charge in [0.2, 0.25) is 0 Å². The first-order chi connectivity index (χ1) is 14.6. The van der Waals surface area contributed by atoms with Crippen LogP contribution in [-0.4, -0.2) is 19.6 Å². The molecule has 2 aliphatic heterocycles. The van der Waals surface area contributed by atoms with Crippen LogP contribution in [-0.2, 0) is 17.8 Å². The Hall–Kier alpha value is -3.54. The molecule has 1 unspecified atom stereocenters. The molecule has 1 amide bonds. The second-order valence-corrected chi connectivity index (χ2v) is 7.46. The van der Waals surface area contributed by atoms with E-state index < -0.39 is 0 Å². The van der Waals surface area contributed by atoms with Crippen molar-refractivity contribution in [2.24, 2.45) is 0 Å².